The molecule has 0 amide bonds. The maximum atomic E-state index is 15.9. The predicted octanol–water partition coefficient (Wildman–Crippen LogP) is 16.3. The summed E-state index contributed by atoms with van der Waals surface area (Å²) in [6, 6.07) is 15.9. The summed E-state index contributed by atoms with van der Waals surface area (Å²) in [5, 5.41) is 9.72. The molecule has 0 heterocycles. The number of rotatable bonds is 46. The Balaban J connectivity index is 3.99. The van der Waals surface area contributed by atoms with Crippen molar-refractivity contribution in [1.82, 2.24) is 0 Å². The summed E-state index contributed by atoms with van der Waals surface area (Å²) in [4.78, 5) is 42.3. The van der Waals surface area contributed by atoms with Crippen LogP contribution in [0.3, 0.4) is 0 Å². The second-order valence-electron chi connectivity index (χ2n) is 22.5. The Hall–Kier alpha value is -2.35. The summed E-state index contributed by atoms with van der Waals surface area (Å²) >= 11 is 0. The zero-order valence-corrected chi connectivity index (χ0v) is 56.9. The highest BCUT2D eigenvalue weighted by Crippen LogP contribution is 2.48. The highest BCUT2D eigenvalue weighted by Gasteiger charge is 2.46. The van der Waals surface area contributed by atoms with Crippen molar-refractivity contribution in [1.29, 1.82) is 0 Å². The number of carbonyl (C=O) groups excluding carboxylic acids is 3. The molecule has 1 rings (SSSR count). The van der Waals surface area contributed by atoms with Crippen LogP contribution in [0.5, 0.6) is 5.75 Å². The number of aliphatic hydroxyl groups excluding tert-OH is 1. The zero-order chi connectivity index (χ0) is 60.0. The van der Waals surface area contributed by atoms with Gasteiger partial charge in [-0.2, -0.15) is 0 Å². The minimum Gasteiger partial charge on any atom is -0.497 e. The van der Waals surface area contributed by atoms with Crippen LogP contribution >= 0.6 is 7.60 Å². The Morgan fingerprint density at radius 2 is 1.30 bits per heavy atom. The van der Waals surface area contributed by atoms with Gasteiger partial charge in [-0.25, -0.2) is 4.79 Å². The molecule has 17 heteroatoms. The molecule has 0 radical (unpaired) electrons. The molecule has 0 bridgehead atoms. The first-order valence-corrected chi connectivity index (χ1v) is 39.7. The van der Waals surface area contributed by atoms with Crippen LogP contribution in [-0.4, -0.2) is 111 Å². The van der Waals surface area contributed by atoms with E-state index in [4.69, 9.17) is 36.5 Å². The van der Waals surface area contributed by atoms with Crippen LogP contribution in [0.4, 0.5) is 0 Å². The predicted molar refractivity (Wildman–Crippen MR) is 333 cm³/mol. The average Bonchev–Trinajstić information content (AvgIpc) is 3.42. The van der Waals surface area contributed by atoms with E-state index in [2.05, 4.69) is 103 Å². The first kappa shape index (κ1) is 74.7. The molecule has 0 aromatic heterocycles. The normalized spacial score (nSPS) is 16.1. The van der Waals surface area contributed by atoms with Gasteiger partial charge in [-0.15, -0.1) is 0 Å². The molecular weight excluding hydrogens is 1070 g/mol. The Morgan fingerprint density at radius 3 is 1.80 bits per heavy atom. The Kier molecular flexibility index (Phi) is 35.7. The number of ketones is 2. The molecule has 1 aromatic rings. The molecule has 0 spiro atoms. The molecule has 0 aliphatic carbocycles. The molecule has 7 atom stereocenters. The van der Waals surface area contributed by atoms with Crippen LogP contribution in [0.2, 0.25) is 54.4 Å². The van der Waals surface area contributed by atoms with Crippen molar-refractivity contribution < 1.29 is 60.6 Å². The fraction of sp³-hybridized carbons (Fsp3) is 0.758. The molecule has 0 saturated heterocycles. The lowest BCUT2D eigenvalue weighted by Gasteiger charge is -2.45. The van der Waals surface area contributed by atoms with E-state index < -0.39 is 68.5 Å². The number of carbonyl (C=O) groups is 3. The number of esters is 1. The van der Waals surface area contributed by atoms with Gasteiger partial charge >= 0.3 is 13.6 Å². The molecule has 1 N–H and O–H groups in total. The molecule has 456 valence electrons. The van der Waals surface area contributed by atoms with Gasteiger partial charge in [-0.1, -0.05) is 113 Å². The lowest BCUT2D eigenvalue weighted by atomic mass is 9.85. The molecule has 0 unspecified atom stereocenters. The van der Waals surface area contributed by atoms with E-state index in [1.807, 2.05) is 31.2 Å². The minimum absolute atomic E-state index is 0.0889. The van der Waals surface area contributed by atoms with Crippen LogP contribution in [0.15, 0.2) is 59.7 Å². The van der Waals surface area contributed by atoms with Gasteiger partial charge in [-0.05, 0) is 163 Å². The summed E-state index contributed by atoms with van der Waals surface area (Å²) in [7, 11) is -8.89. The number of allylic oxidation sites excluding steroid dienone is 3. The Morgan fingerprint density at radius 1 is 0.772 bits per heavy atom. The van der Waals surface area contributed by atoms with E-state index in [0.717, 1.165) is 83.3 Å². The number of hydrogen-bond donors (Lipinski definition) is 1. The van der Waals surface area contributed by atoms with E-state index in [9.17, 15) is 19.3 Å². The van der Waals surface area contributed by atoms with Crippen molar-refractivity contribution in [2.45, 2.75) is 260 Å². The lowest BCUT2D eigenvalue weighted by molar-refractivity contribution is -0.149. The summed E-state index contributed by atoms with van der Waals surface area (Å²) in [6.07, 6.45) is 4.47. The molecule has 79 heavy (non-hydrogen) atoms. The van der Waals surface area contributed by atoms with Crippen molar-refractivity contribution >= 4 is 50.1 Å². The number of methoxy groups -OCH3 is 1. The monoisotopic (exact) mass is 1180 g/mol. The number of ether oxygens (including phenoxy) is 3. The van der Waals surface area contributed by atoms with E-state index in [0.29, 0.717) is 37.7 Å². The lowest BCUT2D eigenvalue weighted by Crippen LogP contribution is -2.53. The molecule has 1 aromatic carbocycles. The second kappa shape index (κ2) is 37.8. The zero-order valence-electron chi connectivity index (χ0n) is 53.0. The summed E-state index contributed by atoms with van der Waals surface area (Å²) in [5.74, 6) is -0.0709. The molecular formula is C62H113O13PSi3. The molecule has 0 aliphatic rings. The third-order valence-corrected chi connectivity index (χ3v) is 32.9. The van der Waals surface area contributed by atoms with E-state index >= 15 is 4.79 Å². The Labute approximate surface area is 484 Å². The van der Waals surface area contributed by atoms with E-state index in [1.165, 1.54) is 0 Å². The summed E-state index contributed by atoms with van der Waals surface area (Å²) in [6.45, 7) is 40.7. The van der Waals surface area contributed by atoms with Crippen LogP contribution in [-0.2, 0) is 57.4 Å². The second-order valence-corrected chi connectivity index (χ2v) is 38.7. The highest BCUT2D eigenvalue weighted by atomic mass is 31.2. The van der Waals surface area contributed by atoms with Gasteiger partial charge in [0.15, 0.2) is 30.7 Å². The topological polar surface area (TPSA) is 162 Å². The van der Waals surface area contributed by atoms with Gasteiger partial charge in [0.1, 0.15) is 23.8 Å². The summed E-state index contributed by atoms with van der Waals surface area (Å²) < 4.78 is 64.8. The fourth-order valence-electron chi connectivity index (χ4n) is 10.8. The third kappa shape index (κ3) is 25.2. The van der Waals surface area contributed by atoms with Crippen LogP contribution in [0.1, 0.15) is 175 Å². The van der Waals surface area contributed by atoms with E-state index in [-0.39, 0.29) is 68.8 Å². The number of Topliss-reactive ketones (excluding diaryl/α,β-unsaturated/α-hetero) is 2. The number of unbranched alkanes of at least 4 members (excludes halogenated alkanes) is 1. The van der Waals surface area contributed by atoms with Crippen molar-refractivity contribution in [3.05, 3.63) is 65.3 Å². The van der Waals surface area contributed by atoms with Gasteiger partial charge in [0.2, 0.25) is 0 Å². The highest BCUT2D eigenvalue weighted by molar-refractivity contribution is 7.54. The van der Waals surface area contributed by atoms with Gasteiger partial charge in [0.05, 0.1) is 50.8 Å². The molecule has 0 aliphatic heterocycles. The SMILES string of the molecule is C=C(/C=C(\C)[C@@](C)(C[C@@H](CC(=O)[C@H](OCc1ccc(OC)cc1)[C@@H](O[Si](CC)(CC)CC)[C@H](C)C[C@H](C)OC(=O)/C(C)=C/CCCC(=O)CP(=O)(OCC)OCC)O[Si](CC)(CC)CC)O[Si](CC)(CC)CC)C[C@@H](C)CCO. The smallest absolute Gasteiger partial charge is 0.338 e. The third-order valence-electron chi connectivity index (χ3n) is 16.8. The van der Waals surface area contributed by atoms with Crippen LogP contribution in [0, 0.1) is 11.8 Å². The van der Waals surface area contributed by atoms with Crippen molar-refractivity contribution in [2.75, 3.05) is 33.1 Å². The van der Waals surface area contributed by atoms with Gasteiger partial charge in [0, 0.05) is 31.4 Å². The van der Waals surface area contributed by atoms with Crippen molar-refractivity contribution in [2.24, 2.45) is 11.8 Å². The maximum Gasteiger partial charge on any atom is 0.338 e. The number of hydrogen-bond acceptors (Lipinski definition) is 13. The quantitative estimate of drug-likeness (QED) is 0.0164. The van der Waals surface area contributed by atoms with Crippen molar-refractivity contribution in [3.8, 4) is 5.75 Å². The maximum absolute atomic E-state index is 15.9. The van der Waals surface area contributed by atoms with Gasteiger partial charge in [0.25, 0.3) is 0 Å². The largest absolute Gasteiger partial charge is 0.497 e. The van der Waals surface area contributed by atoms with Gasteiger partial charge < -0.3 is 41.6 Å². The van der Waals surface area contributed by atoms with Crippen LogP contribution < -0.4 is 4.74 Å². The number of aliphatic hydroxyl groups is 1. The standard InChI is InChI=1S/C62H113O13PSi3/c1-20-70-76(67,71-21-2)47-55(64)34-32-31-33-50(14)61(66)72-53(17)43-51(15)59(74-78(25-6,26-7)27-8)60(69-46-54-35-37-56(68-19)38-36-54)58(65)44-57(73-77(22-3,23-4)24-5)45-62(18,75-79(28-9,29-10)30-11)52(16)42-49(13)41-48(12)39-40-63/h33,35-38,42,48,51,53,57,59-60,63H,13,20-32,34,39-41,43-47H2,1-12,14-19H3/b50-33+,52-42+/t48-,51+,53-,57+,59-,60-,62+/m0/s1. The summed E-state index contributed by atoms with van der Waals surface area (Å²) in [5.41, 5.74) is 2.57. The minimum atomic E-state index is -3.49. The van der Waals surface area contributed by atoms with Gasteiger partial charge in [-0.3, -0.25) is 14.2 Å². The molecule has 13 nitrogen and oxygen atoms in total. The molecule has 0 fully saturated rings. The van der Waals surface area contributed by atoms with Crippen molar-refractivity contribution in [3.63, 3.8) is 0 Å². The fourth-order valence-corrected chi connectivity index (χ4v) is 21.4. The first-order chi connectivity index (χ1) is 37.3. The van der Waals surface area contributed by atoms with Crippen LogP contribution in [0.25, 0.3) is 0 Å². The number of benzene rings is 1. The van der Waals surface area contributed by atoms with E-state index in [1.54, 1.807) is 34.0 Å². The Bertz CT molecular complexity index is 2020. The molecule has 0 saturated carbocycles. The first-order valence-electron chi connectivity index (χ1n) is 30.4. The average molecular weight is 1180 g/mol.